The van der Waals surface area contributed by atoms with E-state index in [0.29, 0.717) is 13.0 Å². The lowest BCUT2D eigenvalue weighted by atomic mass is 10.1. The van der Waals surface area contributed by atoms with Gasteiger partial charge in [-0.2, -0.15) is 0 Å². The minimum atomic E-state index is -0.292. The molecule has 0 saturated carbocycles. The predicted octanol–water partition coefficient (Wildman–Crippen LogP) is 3.77. The molecular weight excluding hydrogens is 335 g/mol. The van der Waals surface area contributed by atoms with Gasteiger partial charge in [-0.25, -0.2) is 9.37 Å². The highest BCUT2D eigenvalue weighted by atomic mass is 32.1. The molecule has 0 aliphatic heterocycles. The molecule has 1 heterocycles. The maximum absolute atomic E-state index is 12.8. The van der Waals surface area contributed by atoms with Crippen molar-refractivity contribution in [2.24, 2.45) is 0 Å². The van der Waals surface area contributed by atoms with Crippen LogP contribution in [0.1, 0.15) is 21.0 Å². The quantitative estimate of drug-likeness (QED) is 0.702. The minimum Gasteiger partial charge on any atom is -0.355 e. The molecule has 0 spiro atoms. The highest BCUT2D eigenvalue weighted by molar-refractivity contribution is 7.11. The Labute approximate surface area is 150 Å². The van der Waals surface area contributed by atoms with Crippen LogP contribution < -0.4 is 5.32 Å². The number of halogens is 1. The normalized spacial score (nSPS) is 10.6. The summed E-state index contributed by atoms with van der Waals surface area (Å²) in [5, 5.41) is 3.91. The SMILES string of the molecule is O=C(Cc1ccc(F)cc1)NCCc1ncc(Cc2ccccc2)s1. The number of aromatic nitrogens is 1. The molecule has 0 aliphatic carbocycles. The van der Waals surface area contributed by atoms with E-state index in [1.54, 1.807) is 23.5 Å². The van der Waals surface area contributed by atoms with Crippen molar-refractivity contribution in [3.05, 3.63) is 87.6 Å². The standard InChI is InChI=1S/C20H19FN2OS/c21-17-8-6-16(7-9-17)13-19(24)22-11-10-20-23-14-18(25-20)12-15-4-2-1-3-5-15/h1-9,14H,10-13H2,(H,22,24). The summed E-state index contributed by atoms with van der Waals surface area (Å²) in [6, 6.07) is 16.3. The zero-order valence-corrected chi connectivity index (χ0v) is 14.6. The van der Waals surface area contributed by atoms with E-state index in [-0.39, 0.29) is 18.1 Å². The molecule has 5 heteroatoms. The summed E-state index contributed by atoms with van der Waals surface area (Å²) in [6.07, 6.45) is 3.77. The van der Waals surface area contributed by atoms with E-state index < -0.39 is 0 Å². The average Bonchev–Trinajstić information content (AvgIpc) is 3.05. The third-order valence-corrected chi connectivity index (χ3v) is 4.82. The number of amides is 1. The number of carbonyl (C=O) groups excluding carboxylic acids is 1. The van der Waals surface area contributed by atoms with Crippen molar-refractivity contribution in [1.29, 1.82) is 0 Å². The van der Waals surface area contributed by atoms with Crippen molar-refractivity contribution in [1.82, 2.24) is 10.3 Å². The van der Waals surface area contributed by atoms with Gasteiger partial charge in [0.05, 0.1) is 11.4 Å². The highest BCUT2D eigenvalue weighted by Gasteiger charge is 2.06. The van der Waals surface area contributed by atoms with E-state index in [2.05, 4.69) is 22.4 Å². The fraction of sp³-hybridized carbons (Fsp3) is 0.200. The van der Waals surface area contributed by atoms with E-state index in [1.165, 1.54) is 22.6 Å². The Balaban J connectivity index is 1.43. The van der Waals surface area contributed by atoms with Crippen LogP contribution in [0.25, 0.3) is 0 Å². The highest BCUT2D eigenvalue weighted by Crippen LogP contribution is 2.17. The zero-order chi connectivity index (χ0) is 17.5. The van der Waals surface area contributed by atoms with Crippen LogP contribution in [0, 0.1) is 5.82 Å². The van der Waals surface area contributed by atoms with Crippen molar-refractivity contribution in [3.8, 4) is 0 Å². The van der Waals surface area contributed by atoms with Crippen LogP contribution >= 0.6 is 11.3 Å². The second-order valence-corrected chi connectivity index (χ2v) is 6.99. The molecule has 0 aliphatic rings. The van der Waals surface area contributed by atoms with E-state index in [0.717, 1.165) is 17.0 Å². The summed E-state index contributed by atoms with van der Waals surface area (Å²) in [6.45, 7) is 0.554. The number of hydrogen-bond acceptors (Lipinski definition) is 3. The Morgan fingerprint density at radius 2 is 1.80 bits per heavy atom. The molecule has 1 amide bonds. The van der Waals surface area contributed by atoms with Crippen LogP contribution in [0.5, 0.6) is 0 Å². The summed E-state index contributed by atoms with van der Waals surface area (Å²) < 4.78 is 12.8. The van der Waals surface area contributed by atoms with Crippen LogP contribution in [0.2, 0.25) is 0 Å². The number of benzene rings is 2. The number of carbonyl (C=O) groups is 1. The largest absolute Gasteiger partial charge is 0.355 e. The first-order valence-corrected chi connectivity index (χ1v) is 8.99. The van der Waals surface area contributed by atoms with Crippen molar-refractivity contribution in [3.63, 3.8) is 0 Å². The maximum Gasteiger partial charge on any atom is 0.224 e. The van der Waals surface area contributed by atoms with Crippen LogP contribution in [0.15, 0.2) is 60.8 Å². The lowest BCUT2D eigenvalue weighted by Crippen LogP contribution is -2.27. The topological polar surface area (TPSA) is 42.0 Å². The number of nitrogens with one attached hydrogen (secondary N) is 1. The Morgan fingerprint density at radius 3 is 2.56 bits per heavy atom. The van der Waals surface area contributed by atoms with Crippen molar-refractivity contribution < 1.29 is 9.18 Å². The van der Waals surface area contributed by atoms with Gasteiger partial charge < -0.3 is 5.32 Å². The molecule has 3 nitrogen and oxygen atoms in total. The molecule has 0 bridgehead atoms. The zero-order valence-electron chi connectivity index (χ0n) is 13.7. The van der Waals surface area contributed by atoms with Gasteiger partial charge in [0.1, 0.15) is 5.82 Å². The van der Waals surface area contributed by atoms with Gasteiger partial charge in [0.25, 0.3) is 0 Å². The third-order valence-electron chi connectivity index (χ3n) is 3.76. The van der Waals surface area contributed by atoms with Gasteiger partial charge in [-0.3, -0.25) is 4.79 Å². The first-order valence-electron chi connectivity index (χ1n) is 8.18. The second-order valence-electron chi connectivity index (χ2n) is 5.79. The molecule has 0 atom stereocenters. The first kappa shape index (κ1) is 17.3. The summed E-state index contributed by atoms with van der Waals surface area (Å²) in [5.41, 5.74) is 2.07. The summed E-state index contributed by atoms with van der Waals surface area (Å²) in [7, 11) is 0. The molecule has 1 aromatic heterocycles. The molecule has 128 valence electrons. The van der Waals surface area contributed by atoms with Gasteiger partial charge in [0, 0.05) is 30.5 Å². The average molecular weight is 354 g/mol. The van der Waals surface area contributed by atoms with Crippen LogP contribution in [0.3, 0.4) is 0 Å². The second kappa shape index (κ2) is 8.53. The van der Waals surface area contributed by atoms with Crippen molar-refractivity contribution in [2.45, 2.75) is 19.3 Å². The van der Waals surface area contributed by atoms with Crippen molar-refractivity contribution >= 4 is 17.2 Å². The molecule has 2 aromatic carbocycles. The van der Waals surface area contributed by atoms with E-state index in [1.807, 2.05) is 24.4 Å². The molecule has 3 rings (SSSR count). The third kappa shape index (κ3) is 5.50. The molecule has 0 radical (unpaired) electrons. The lowest BCUT2D eigenvalue weighted by Gasteiger charge is -2.04. The van der Waals surface area contributed by atoms with E-state index >= 15 is 0 Å². The van der Waals surface area contributed by atoms with Crippen molar-refractivity contribution in [2.75, 3.05) is 6.54 Å². The van der Waals surface area contributed by atoms with Crippen LogP contribution in [-0.4, -0.2) is 17.4 Å². The van der Waals surface area contributed by atoms with Gasteiger partial charge >= 0.3 is 0 Å². The number of rotatable bonds is 7. The Kier molecular flexibility index (Phi) is 5.90. The monoisotopic (exact) mass is 354 g/mol. The van der Waals surface area contributed by atoms with Gasteiger partial charge in [0.15, 0.2) is 0 Å². The Morgan fingerprint density at radius 1 is 1.04 bits per heavy atom. The van der Waals surface area contributed by atoms with E-state index in [4.69, 9.17) is 0 Å². The summed E-state index contributed by atoms with van der Waals surface area (Å²) >= 11 is 1.68. The van der Waals surface area contributed by atoms with Gasteiger partial charge in [-0.05, 0) is 23.3 Å². The fourth-order valence-electron chi connectivity index (χ4n) is 2.50. The molecule has 25 heavy (non-hydrogen) atoms. The fourth-order valence-corrected chi connectivity index (χ4v) is 3.46. The van der Waals surface area contributed by atoms with Gasteiger partial charge in [-0.1, -0.05) is 42.5 Å². The number of thiazole rings is 1. The molecule has 0 fully saturated rings. The summed E-state index contributed by atoms with van der Waals surface area (Å²) in [4.78, 5) is 17.6. The molecule has 0 saturated heterocycles. The lowest BCUT2D eigenvalue weighted by molar-refractivity contribution is -0.120. The van der Waals surface area contributed by atoms with Gasteiger partial charge in [-0.15, -0.1) is 11.3 Å². The molecule has 1 N–H and O–H groups in total. The molecular formula is C20H19FN2OS. The van der Waals surface area contributed by atoms with Crippen LogP contribution in [0.4, 0.5) is 4.39 Å². The van der Waals surface area contributed by atoms with Crippen LogP contribution in [-0.2, 0) is 24.1 Å². The molecule has 3 aromatic rings. The Hall–Kier alpha value is -2.53. The maximum atomic E-state index is 12.8. The predicted molar refractivity (Wildman–Crippen MR) is 98.2 cm³/mol. The minimum absolute atomic E-state index is 0.0623. The number of nitrogens with zero attached hydrogens (tertiary/aromatic N) is 1. The summed E-state index contributed by atoms with van der Waals surface area (Å²) in [5.74, 6) is -0.355. The smallest absolute Gasteiger partial charge is 0.224 e. The molecule has 0 unspecified atom stereocenters. The Bertz CT molecular complexity index is 815. The number of hydrogen-bond donors (Lipinski definition) is 1. The first-order chi connectivity index (χ1) is 12.2. The van der Waals surface area contributed by atoms with Gasteiger partial charge in [0.2, 0.25) is 5.91 Å². The van der Waals surface area contributed by atoms with E-state index in [9.17, 15) is 9.18 Å².